The summed E-state index contributed by atoms with van der Waals surface area (Å²) in [5.41, 5.74) is 0.459. The Kier molecular flexibility index (Phi) is 5.64. The Balaban J connectivity index is 2.09. The van der Waals surface area contributed by atoms with Gasteiger partial charge in [0.2, 0.25) is 0 Å². The van der Waals surface area contributed by atoms with Crippen molar-refractivity contribution in [2.75, 3.05) is 19.8 Å². The third-order valence-electron chi connectivity index (χ3n) is 3.78. The number of nitro benzene ring substituents is 1. The minimum Gasteiger partial charge on any atom is -0.381 e. The molecule has 116 valence electrons. The molecule has 1 fully saturated rings. The fourth-order valence-corrected chi connectivity index (χ4v) is 2.76. The Bertz CT molecular complexity index is 496. The van der Waals surface area contributed by atoms with Crippen LogP contribution in [0.5, 0.6) is 0 Å². The number of nitro groups is 1. The molecule has 0 bridgehead atoms. The van der Waals surface area contributed by atoms with Gasteiger partial charge in [0.15, 0.2) is 0 Å². The third-order valence-corrected chi connectivity index (χ3v) is 3.78. The van der Waals surface area contributed by atoms with Crippen molar-refractivity contribution in [1.29, 1.82) is 0 Å². The van der Waals surface area contributed by atoms with Gasteiger partial charge in [0.25, 0.3) is 5.69 Å². The molecule has 0 spiro atoms. The Morgan fingerprint density at radius 1 is 1.48 bits per heavy atom. The van der Waals surface area contributed by atoms with E-state index in [1.165, 1.54) is 12.1 Å². The molecule has 2 atom stereocenters. The molecule has 1 heterocycles. The van der Waals surface area contributed by atoms with Crippen LogP contribution in [-0.4, -0.2) is 30.7 Å². The van der Waals surface area contributed by atoms with Crippen LogP contribution >= 0.6 is 0 Å². The van der Waals surface area contributed by atoms with Crippen molar-refractivity contribution in [2.45, 2.75) is 32.2 Å². The number of rotatable bonds is 6. The highest BCUT2D eigenvalue weighted by molar-refractivity contribution is 5.35. The molecule has 21 heavy (non-hydrogen) atoms. The first-order chi connectivity index (χ1) is 10.1. The van der Waals surface area contributed by atoms with Crippen LogP contribution in [-0.2, 0) is 11.2 Å². The Hall–Kier alpha value is -1.53. The van der Waals surface area contributed by atoms with Gasteiger partial charge in [-0.2, -0.15) is 0 Å². The van der Waals surface area contributed by atoms with Crippen LogP contribution < -0.4 is 5.32 Å². The molecule has 1 aliphatic rings. The highest BCUT2D eigenvalue weighted by atomic mass is 19.1. The zero-order valence-corrected chi connectivity index (χ0v) is 12.2. The van der Waals surface area contributed by atoms with Gasteiger partial charge in [-0.15, -0.1) is 0 Å². The fourth-order valence-electron chi connectivity index (χ4n) is 2.76. The molecule has 0 aromatic heterocycles. The minimum absolute atomic E-state index is 0.195. The quantitative estimate of drug-likeness (QED) is 0.647. The topological polar surface area (TPSA) is 64.4 Å². The molecule has 2 rings (SSSR count). The zero-order valence-electron chi connectivity index (χ0n) is 12.2. The molecule has 1 saturated heterocycles. The van der Waals surface area contributed by atoms with Crippen LogP contribution in [0.4, 0.5) is 10.1 Å². The average Bonchev–Trinajstić information content (AvgIpc) is 2.45. The Morgan fingerprint density at radius 2 is 2.29 bits per heavy atom. The predicted octanol–water partition coefficient (Wildman–Crippen LogP) is 2.68. The molecule has 0 amide bonds. The number of hydrogen-bond acceptors (Lipinski definition) is 4. The maximum atomic E-state index is 13.5. The van der Waals surface area contributed by atoms with Crippen LogP contribution in [0.15, 0.2) is 18.2 Å². The zero-order chi connectivity index (χ0) is 15.2. The van der Waals surface area contributed by atoms with Crippen LogP contribution in [0.3, 0.4) is 0 Å². The lowest BCUT2D eigenvalue weighted by Gasteiger charge is -2.32. The van der Waals surface area contributed by atoms with Crippen LogP contribution in [0.2, 0.25) is 0 Å². The third kappa shape index (κ3) is 4.47. The van der Waals surface area contributed by atoms with Gasteiger partial charge in [-0.25, -0.2) is 4.39 Å². The summed E-state index contributed by atoms with van der Waals surface area (Å²) in [5, 5.41) is 14.3. The van der Waals surface area contributed by atoms with Crippen LogP contribution in [0.1, 0.15) is 25.3 Å². The maximum Gasteiger partial charge on any atom is 0.272 e. The largest absolute Gasteiger partial charge is 0.381 e. The summed E-state index contributed by atoms with van der Waals surface area (Å²) in [6.07, 6.45) is 2.55. The van der Waals surface area contributed by atoms with E-state index in [-0.39, 0.29) is 11.6 Å². The summed E-state index contributed by atoms with van der Waals surface area (Å²) < 4.78 is 19.0. The Morgan fingerprint density at radius 3 is 3.00 bits per heavy atom. The number of nitrogens with zero attached hydrogens (tertiary/aromatic N) is 1. The molecule has 0 radical (unpaired) electrons. The highest BCUT2D eigenvalue weighted by Crippen LogP contribution is 2.23. The predicted molar refractivity (Wildman–Crippen MR) is 77.8 cm³/mol. The number of nitrogens with one attached hydrogen (secondary N) is 1. The smallest absolute Gasteiger partial charge is 0.272 e. The summed E-state index contributed by atoms with van der Waals surface area (Å²) in [6, 6.07) is 4.10. The van der Waals surface area contributed by atoms with Crippen molar-refractivity contribution in [3.8, 4) is 0 Å². The van der Waals surface area contributed by atoms with Crippen molar-refractivity contribution in [2.24, 2.45) is 5.92 Å². The molecule has 0 saturated carbocycles. The molecular weight excluding hydrogens is 275 g/mol. The molecule has 1 N–H and O–H groups in total. The SMILES string of the molecule is CCCNC1CCOCC1Cc1cc(F)cc([N+](=O)[O-])c1. The van der Waals surface area contributed by atoms with Crippen molar-refractivity contribution in [1.82, 2.24) is 5.32 Å². The lowest BCUT2D eigenvalue weighted by Crippen LogP contribution is -2.44. The first kappa shape index (κ1) is 15.9. The van der Waals surface area contributed by atoms with Crippen molar-refractivity contribution in [3.05, 3.63) is 39.7 Å². The number of non-ortho nitro benzene ring substituents is 1. The second-order valence-corrected chi connectivity index (χ2v) is 5.46. The molecule has 5 nitrogen and oxygen atoms in total. The maximum absolute atomic E-state index is 13.5. The van der Waals surface area contributed by atoms with Gasteiger partial charge in [-0.3, -0.25) is 10.1 Å². The molecule has 1 aromatic rings. The van der Waals surface area contributed by atoms with E-state index in [2.05, 4.69) is 12.2 Å². The summed E-state index contributed by atoms with van der Waals surface area (Å²) in [7, 11) is 0. The second kappa shape index (κ2) is 7.47. The van der Waals surface area contributed by atoms with Crippen molar-refractivity contribution < 1.29 is 14.1 Å². The molecule has 1 aromatic carbocycles. The van der Waals surface area contributed by atoms with Gasteiger partial charge >= 0.3 is 0 Å². The monoisotopic (exact) mass is 296 g/mol. The first-order valence-electron chi connectivity index (χ1n) is 7.35. The summed E-state index contributed by atoms with van der Waals surface area (Å²) in [5.74, 6) is -0.347. The minimum atomic E-state index is -0.561. The summed E-state index contributed by atoms with van der Waals surface area (Å²) in [4.78, 5) is 10.2. The Labute approximate surface area is 123 Å². The van der Waals surface area contributed by atoms with Gasteiger partial charge in [-0.05, 0) is 37.4 Å². The molecule has 6 heteroatoms. The van der Waals surface area contributed by atoms with E-state index in [0.29, 0.717) is 24.6 Å². The highest BCUT2D eigenvalue weighted by Gasteiger charge is 2.26. The van der Waals surface area contributed by atoms with Gasteiger partial charge < -0.3 is 10.1 Å². The van der Waals surface area contributed by atoms with Crippen molar-refractivity contribution in [3.63, 3.8) is 0 Å². The van der Waals surface area contributed by atoms with Gasteiger partial charge in [0.1, 0.15) is 5.82 Å². The summed E-state index contributed by atoms with van der Waals surface area (Å²) >= 11 is 0. The fraction of sp³-hybridized carbons (Fsp3) is 0.600. The van der Waals surface area contributed by atoms with E-state index in [9.17, 15) is 14.5 Å². The lowest BCUT2D eigenvalue weighted by molar-refractivity contribution is -0.385. The van der Waals surface area contributed by atoms with Gasteiger partial charge in [0.05, 0.1) is 17.6 Å². The molecule has 0 aliphatic carbocycles. The van der Waals surface area contributed by atoms with E-state index >= 15 is 0 Å². The van der Waals surface area contributed by atoms with E-state index in [0.717, 1.165) is 32.1 Å². The van der Waals surface area contributed by atoms with E-state index in [1.54, 1.807) is 0 Å². The van der Waals surface area contributed by atoms with Crippen LogP contribution in [0, 0.1) is 21.8 Å². The number of halogens is 1. The normalized spacial score (nSPS) is 22.2. The molecule has 2 unspecified atom stereocenters. The summed E-state index contributed by atoms with van der Waals surface area (Å²) in [6.45, 7) is 4.37. The molecule has 1 aliphatic heterocycles. The van der Waals surface area contributed by atoms with E-state index < -0.39 is 10.7 Å². The number of ether oxygens (including phenoxy) is 1. The molecular formula is C15H21FN2O3. The first-order valence-corrected chi connectivity index (χ1v) is 7.35. The van der Waals surface area contributed by atoms with Gasteiger partial charge in [0, 0.05) is 24.6 Å². The van der Waals surface area contributed by atoms with E-state index in [4.69, 9.17) is 4.74 Å². The van der Waals surface area contributed by atoms with Gasteiger partial charge in [-0.1, -0.05) is 6.92 Å². The number of hydrogen-bond donors (Lipinski definition) is 1. The van der Waals surface area contributed by atoms with Crippen molar-refractivity contribution >= 4 is 5.69 Å². The second-order valence-electron chi connectivity index (χ2n) is 5.46. The van der Waals surface area contributed by atoms with Crippen LogP contribution in [0.25, 0.3) is 0 Å². The average molecular weight is 296 g/mol. The lowest BCUT2D eigenvalue weighted by atomic mass is 9.89. The standard InChI is InChI=1S/C15H21FN2O3/c1-2-4-17-15-3-5-21-10-12(15)6-11-7-13(16)9-14(8-11)18(19)20/h7-9,12,15,17H,2-6,10H2,1H3. The number of benzene rings is 1. The van der Waals surface area contributed by atoms with E-state index in [1.807, 2.05) is 0 Å².